The van der Waals surface area contributed by atoms with Crippen molar-refractivity contribution in [3.63, 3.8) is 0 Å². The van der Waals surface area contributed by atoms with Crippen molar-refractivity contribution < 1.29 is 3.07 Å². The van der Waals surface area contributed by atoms with Gasteiger partial charge in [0.25, 0.3) is 0 Å². The number of hydrogen-bond acceptors (Lipinski definition) is 3. The first-order valence-corrected chi connectivity index (χ1v) is 4.28. The minimum Gasteiger partial charge on any atom is -0.407 e. The predicted octanol–water partition coefficient (Wildman–Crippen LogP) is 2.36. The van der Waals surface area contributed by atoms with Crippen molar-refractivity contribution in [2.24, 2.45) is 0 Å². The Kier molecular flexibility index (Phi) is 2.07. The average molecular weight is 272 g/mol. The van der Waals surface area contributed by atoms with E-state index in [2.05, 4.69) is 9.97 Å². The smallest absolute Gasteiger partial charge is 0.243 e. The molecule has 1 heterocycles. The van der Waals surface area contributed by atoms with Gasteiger partial charge < -0.3 is 3.07 Å². The molecule has 2 aromatic rings. The Labute approximate surface area is 83.5 Å². The molecule has 0 fully saturated rings. The van der Waals surface area contributed by atoms with E-state index in [1.165, 1.54) is 0 Å². The zero-order valence-electron chi connectivity index (χ0n) is 6.07. The Hall–Kier alpha value is -0.910. The molecule has 0 unspecified atom stereocenters. The molecule has 0 bridgehead atoms. The summed E-state index contributed by atoms with van der Waals surface area (Å²) >= 11 is 1.78. The highest BCUT2D eigenvalue weighted by molar-refractivity contribution is 14.1. The maximum absolute atomic E-state index is 4.92. The Balaban J connectivity index is 2.67. The highest BCUT2D eigenvalue weighted by Crippen LogP contribution is 2.13. The third-order valence-corrected chi connectivity index (χ3v) is 1.96. The number of fused-ring (bicyclic) bond motifs is 1. The molecular weight excluding hydrogens is 267 g/mol. The summed E-state index contributed by atoms with van der Waals surface area (Å²) in [4.78, 5) is 8.36. The van der Waals surface area contributed by atoms with Gasteiger partial charge >= 0.3 is 0 Å². The number of hydrogen-bond donors (Lipinski definition) is 0. The topological polar surface area (TPSA) is 35.0 Å². The molecule has 0 N–H and O–H groups in total. The van der Waals surface area contributed by atoms with Crippen LogP contribution in [0.3, 0.4) is 0 Å². The van der Waals surface area contributed by atoms with Gasteiger partial charge in [0.2, 0.25) is 5.88 Å². The van der Waals surface area contributed by atoms with Crippen LogP contribution >= 0.6 is 23.0 Å². The van der Waals surface area contributed by atoms with E-state index in [1.807, 2.05) is 24.3 Å². The Morgan fingerprint density at radius 3 is 2.67 bits per heavy atom. The summed E-state index contributed by atoms with van der Waals surface area (Å²) in [6, 6.07) is 7.68. The maximum atomic E-state index is 4.92. The van der Waals surface area contributed by atoms with Gasteiger partial charge in [0.15, 0.2) is 23.0 Å². The molecule has 0 amide bonds. The van der Waals surface area contributed by atoms with Gasteiger partial charge in [-0.3, -0.25) is 0 Å². The molecule has 60 valence electrons. The Morgan fingerprint density at radius 1 is 1.17 bits per heavy atom. The number of halogens is 1. The lowest BCUT2D eigenvalue weighted by Crippen LogP contribution is -1.85. The first-order chi connectivity index (χ1) is 5.90. The average Bonchev–Trinajstić information content (AvgIpc) is 2.17. The van der Waals surface area contributed by atoms with Crippen molar-refractivity contribution in [1.82, 2.24) is 9.97 Å². The van der Waals surface area contributed by atoms with Crippen LogP contribution in [0, 0.1) is 0 Å². The second-order valence-corrected chi connectivity index (χ2v) is 2.71. The van der Waals surface area contributed by atoms with Crippen molar-refractivity contribution in [3.05, 3.63) is 30.5 Å². The molecule has 12 heavy (non-hydrogen) atoms. The molecule has 2 rings (SSSR count). The van der Waals surface area contributed by atoms with Crippen molar-refractivity contribution >= 4 is 34.0 Å². The van der Waals surface area contributed by atoms with Crippen LogP contribution < -0.4 is 3.07 Å². The third-order valence-electron chi connectivity index (χ3n) is 1.51. The highest BCUT2D eigenvalue weighted by Gasteiger charge is 1.97. The van der Waals surface area contributed by atoms with E-state index in [1.54, 1.807) is 29.2 Å². The second-order valence-electron chi connectivity index (χ2n) is 2.27. The summed E-state index contributed by atoms with van der Waals surface area (Å²) in [6.45, 7) is 0. The zero-order chi connectivity index (χ0) is 8.39. The molecule has 4 heteroatoms. The van der Waals surface area contributed by atoms with Crippen LogP contribution in [0.5, 0.6) is 5.88 Å². The first-order valence-electron chi connectivity index (χ1n) is 3.40. The quantitative estimate of drug-likeness (QED) is 0.747. The lowest BCUT2D eigenvalue weighted by atomic mass is 10.3. The molecule has 0 aliphatic rings. The summed E-state index contributed by atoms with van der Waals surface area (Å²) in [7, 11) is 0. The molecule has 1 aromatic carbocycles. The summed E-state index contributed by atoms with van der Waals surface area (Å²) in [5.74, 6) is 0.536. The molecular formula is C8H5IN2O. The molecule has 0 spiro atoms. The largest absolute Gasteiger partial charge is 0.407 e. The van der Waals surface area contributed by atoms with Crippen LogP contribution in [0.4, 0.5) is 0 Å². The van der Waals surface area contributed by atoms with Gasteiger partial charge in [-0.25, -0.2) is 9.97 Å². The van der Waals surface area contributed by atoms with Gasteiger partial charge in [0, 0.05) is 0 Å². The van der Waals surface area contributed by atoms with Gasteiger partial charge in [0.05, 0.1) is 17.2 Å². The Morgan fingerprint density at radius 2 is 1.92 bits per heavy atom. The van der Waals surface area contributed by atoms with Gasteiger partial charge in [-0.2, -0.15) is 0 Å². The number of nitrogens with zero attached hydrogens (tertiary/aromatic N) is 2. The fourth-order valence-corrected chi connectivity index (χ4v) is 1.19. The normalized spacial score (nSPS) is 10.1. The van der Waals surface area contributed by atoms with E-state index < -0.39 is 0 Å². The number of benzene rings is 1. The predicted molar refractivity (Wildman–Crippen MR) is 54.2 cm³/mol. The van der Waals surface area contributed by atoms with Crippen LogP contribution in [0.1, 0.15) is 0 Å². The lowest BCUT2D eigenvalue weighted by molar-refractivity contribution is 0.680. The third kappa shape index (κ3) is 1.34. The minimum absolute atomic E-state index is 0.536. The van der Waals surface area contributed by atoms with E-state index in [0.717, 1.165) is 11.0 Å². The summed E-state index contributed by atoms with van der Waals surface area (Å²) < 4.78 is 4.92. The number of aromatic nitrogens is 2. The molecule has 0 aliphatic carbocycles. The minimum atomic E-state index is 0.536. The van der Waals surface area contributed by atoms with Gasteiger partial charge in [0.1, 0.15) is 0 Å². The van der Waals surface area contributed by atoms with Crippen molar-refractivity contribution in [2.45, 2.75) is 0 Å². The monoisotopic (exact) mass is 272 g/mol. The lowest BCUT2D eigenvalue weighted by Gasteiger charge is -1.97. The van der Waals surface area contributed by atoms with Gasteiger partial charge in [-0.05, 0) is 12.1 Å². The van der Waals surface area contributed by atoms with Crippen LogP contribution in [-0.4, -0.2) is 9.97 Å². The molecule has 0 saturated carbocycles. The Bertz CT molecular complexity index is 405. The molecule has 1 aromatic heterocycles. The van der Waals surface area contributed by atoms with E-state index in [-0.39, 0.29) is 0 Å². The molecule has 0 atom stereocenters. The zero-order valence-corrected chi connectivity index (χ0v) is 8.22. The van der Waals surface area contributed by atoms with Crippen LogP contribution in [0.25, 0.3) is 11.0 Å². The molecule has 0 saturated heterocycles. The summed E-state index contributed by atoms with van der Waals surface area (Å²) in [5, 5.41) is 0. The molecule has 0 aliphatic heterocycles. The van der Waals surface area contributed by atoms with Crippen molar-refractivity contribution in [2.75, 3.05) is 0 Å². The summed E-state index contributed by atoms with van der Waals surface area (Å²) in [5.41, 5.74) is 1.74. The fraction of sp³-hybridized carbons (Fsp3) is 0. The van der Waals surface area contributed by atoms with E-state index >= 15 is 0 Å². The number of para-hydroxylation sites is 2. The number of rotatable bonds is 1. The molecule has 0 radical (unpaired) electrons. The van der Waals surface area contributed by atoms with Crippen molar-refractivity contribution in [3.8, 4) is 5.88 Å². The maximum Gasteiger partial charge on any atom is 0.243 e. The van der Waals surface area contributed by atoms with Crippen LogP contribution in [-0.2, 0) is 0 Å². The first kappa shape index (κ1) is 7.72. The highest BCUT2D eigenvalue weighted by atomic mass is 127. The summed E-state index contributed by atoms with van der Waals surface area (Å²) in [6.07, 6.45) is 1.61. The van der Waals surface area contributed by atoms with Crippen LogP contribution in [0.2, 0.25) is 0 Å². The van der Waals surface area contributed by atoms with Crippen LogP contribution in [0.15, 0.2) is 30.5 Å². The van der Waals surface area contributed by atoms with Gasteiger partial charge in [-0.15, -0.1) is 0 Å². The van der Waals surface area contributed by atoms with Gasteiger partial charge in [-0.1, -0.05) is 12.1 Å². The second kappa shape index (κ2) is 3.22. The fourth-order valence-electron chi connectivity index (χ4n) is 0.977. The molecule has 3 nitrogen and oxygen atoms in total. The van der Waals surface area contributed by atoms with Crippen molar-refractivity contribution in [1.29, 1.82) is 0 Å². The van der Waals surface area contributed by atoms with E-state index in [4.69, 9.17) is 3.07 Å². The van der Waals surface area contributed by atoms with E-state index in [9.17, 15) is 0 Å². The SMILES string of the molecule is IOc1cnc2ccccc2n1. The van der Waals surface area contributed by atoms with E-state index in [0.29, 0.717) is 5.88 Å². The standard InChI is InChI=1S/C8H5IN2O/c9-12-8-5-10-6-3-1-2-4-7(6)11-8/h1-5H.